The highest BCUT2D eigenvalue weighted by Crippen LogP contribution is 2.44. The number of carbonyl (C=O) groups excluding carboxylic acids is 1. The summed E-state index contributed by atoms with van der Waals surface area (Å²) in [6, 6.07) is 6.74. The maximum Gasteiger partial charge on any atom is 0.256 e. The molecule has 0 radical (unpaired) electrons. The van der Waals surface area contributed by atoms with E-state index in [0.717, 1.165) is 18.4 Å². The predicted octanol–water partition coefficient (Wildman–Crippen LogP) is 5.83. The summed E-state index contributed by atoms with van der Waals surface area (Å²) in [6.45, 7) is 2.79. The molecular formula is C28H33F3IN3O2. The van der Waals surface area contributed by atoms with Crippen LogP contribution in [0.5, 0.6) is 0 Å². The summed E-state index contributed by atoms with van der Waals surface area (Å²) in [5, 5.41) is 17.3. The van der Waals surface area contributed by atoms with E-state index in [1.807, 2.05) is 22.6 Å². The summed E-state index contributed by atoms with van der Waals surface area (Å²) in [5.74, 6) is -1.52. The van der Waals surface area contributed by atoms with Gasteiger partial charge in [0.15, 0.2) is 11.6 Å². The molecule has 5 nitrogen and oxygen atoms in total. The van der Waals surface area contributed by atoms with Gasteiger partial charge in [0.05, 0.1) is 30.0 Å². The van der Waals surface area contributed by atoms with E-state index < -0.39 is 34.6 Å². The van der Waals surface area contributed by atoms with Crippen molar-refractivity contribution in [2.24, 2.45) is 17.8 Å². The number of hydrogen-bond donors (Lipinski definition) is 3. The lowest BCUT2D eigenvalue weighted by molar-refractivity contribution is -0.0834. The zero-order chi connectivity index (χ0) is 26.3. The number of likely N-dealkylation sites (tertiary alicyclic amines) is 1. The second-order valence-corrected chi connectivity index (χ2v) is 12.3. The normalized spacial score (nSPS) is 26.5. The van der Waals surface area contributed by atoms with E-state index in [9.17, 15) is 23.1 Å². The number of fused-ring (bicyclic) bond motifs is 2. The lowest BCUT2D eigenvalue weighted by Crippen LogP contribution is -2.68. The van der Waals surface area contributed by atoms with Gasteiger partial charge in [-0.05, 0) is 89.9 Å². The van der Waals surface area contributed by atoms with Gasteiger partial charge in [-0.1, -0.05) is 26.2 Å². The Balaban J connectivity index is 1.26. The number of rotatable bonds is 7. The highest BCUT2D eigenvalue weighted by Gasteiger charge is 2.46. The fourth-order valence-electron chi connectivity index (χ4n) is 6.56. The summed E-state index contributed by atoms with van der Waals surface area (Å²) in [4.78, 5) is 14.7. The molecule has 2 aromatic carbocycles. The van der Waals surface area contributed by atoms with Crippen molar-refractivity contribution in [2.75, 3.05) is 25.0 Å². The van der Waals surface area contributed by atoms with Gasteiger partial charge in [0.1, 0.15) is 11.4 Å². The predicted molar refractivity (Wildman–Crippen MR) is 145 cm³/mol. The number of aliphatic hydroxyl groups is 1. The van der Waals surface area contributed by atoms with Crippen LogP contribution in [0.15, 0.2) is 30.3 Å². The second kappa shape index (κ2) is 10.7. The Hall–Kier alpha value is -1.85. The molecule has 0 aromatic heterocycles. The van der Waals surface area contributed by atoms with Crippen LogP contribution in [0.2, 0.25) is 0 Å². The van der Waals surface area contributed by atoms with E-state index >= 15 is 0 Å². The summed E-state index contributed by atoms with van der Waals surface area (Å²) < 4.78 is 43.9. The molecule has 2 aromatic rings. The highest BCUT2D eigenvalue weighted by molar-refractivity contribution is 14.1. The number of β-amino-alcohol motifs (C(OH)–C–C–N with tert-alkyl or cyclic N) is 1. The van der Waals surface area contributed by atoms with Crippen LogP contribution in [-0.4, -0.2) is 47.2 Å². The molecule has 2 saturated carbocycles. The summed E-state index contributed by atoms with van der Waals surface area (Å²) in [5.41, 5.74) is -1.67. The van der Waals surface area contributed by atoms with E-state index in [4.69, 9.17) is 0 Å². The van der Waals surface area contributed by atoms with Gasteiger partial charge < -0.3 is 20.6 Å². The Kier molecular flexibility index (Phi) is 7.75. The Morgan fingerprint density at radius 3 is 2.65 bits per heavy atom. The molecule has 1 unspecified atom stereocenters. The Bertz CT molecular complexity index is 1170. The summed E-state index contributed by atoms with van der Waals surface area (Å²) in [7, 11) is 0. The fourth-order valence-corrected chi connectivity index (χ4v) is 7.01. The Morgan fingerprint density at radius 2 is 1.92 bits per heavy atom. The molecule has 200 valence electrons. The molecule has 5 rings (SSSR count). The smallest absolute Gasteiger partial charge is 0.256 e. The first-order chi connectivity index (χ1) is 17.7. The zero-order valence-corrected chi connectivity index (χ0v) is 23.0. The molecule has 3 aliphatic rings. The Labute approximate surface area is 229 Å². The number of amides is 1. The molecule has 1 heterocycles. The molecule has 37 heavy (non-hydrogen) atoms. The lowest BCUT2D eigenvalue weighted by Gasteiger charge is -2.50. The van der Waals surface area contributed by atoms with Crippen molar-refractivity contribution in [3.63, 3.8) is 0 Å². The van der Waals surface area contributed by atoms with Gasteiger partial charge in [-0.3, -0.25) is 4.79 Å². The van der Waals surface area contributed by atoms with Gasteiger partial charge >= 0.3 is 0 Å². The molecule has 4 atom stereocenters. The first-order valence-electron chi connectivity index (χ1n) is 13.1. The van der Waals surface area contributed by atoms with Crippen molar-refractivity contribution in [1.29, 1.82) is 0 Å². The standard InChI is InChI=1S/C28H33F3IN3O2/c1-2-17-10-16-4-3-5-18(11-16)25(17)33-13-28(37)14-35(15-28)27(36)20-7-8-21(29)24(31)26(20)34-23-9-6-19(32)12-22(23)30/h6-9,12,16-18,25,33-34,37H,2-5,10-11,13-15H2,1H3/t16-,17+,18-,25?/m0/s1. The third-order valence-corrected chi connectivity index (χ3v) is 9.11. The fraction of sp³-hybridized carbons (Fsp3) is 0.536. The van der Waals surface area contributed by atoms with Crippen molar-refractivity contribution in [3.8, 4) is 0 Å². The minimum atomic E-state index is -1.25. The van der Waals surface area contributed by atoms with Crippen LogP contribution in [-0.2, 0) is 0 Å². The highest BCUT2D eigenvalue weighted by atomic mass is 127. The van der Waals surface area contributed by atoms with E-state index in [2.05, 4.69) is 17.6 Å². The van der Waals surface area contributed by atoms with E-state index in [-0.39, 0.29) is 24.3 Å². The lowest BCUT2D eigenvalue weighted by atomic mass is 9.64. The monoisotopic (exact) mass is 627 g/mol. The first kappa shape index (κ1) is 26.7. The largest absolute Gasteiger partial charge is 0.385 e. The minimum Gasteiger partial charge on any atom is -0.385 e. The van der Waals surface area contributed by atoms with E-state index in [0.29, 0.717) is 28.0 Å². The van der Waals surface area contributed by atoms with Gasteiger partial charge in [0.2, 0.25) is 0 Å². The van der Waals surface area contributed by atoms with Gasteiger partial charge in [-0.2, -0.15) is 0 Å². The molecule has 1 aliphatic heterocycles. The van der Waals surface area contributed by atoms with Gasteiger partial charge in [0.25, 0.3) is 5.91 Å². The molecule has 2 aliphatic carbocycles. The van der Waals surface area contributed by atoms with Crippen molar-refractivity contribution < 1.29 is 23.1 Å². The van der Waals surface area contributed by atoms with Crippen LogP contribution in [0.25, 0.3) is 0 Å². The van der Waals surface area contributed by atoms with E-state index in [1.165, 1.54) is 55.2 Å². The van der Waals surface area contributed by atoms with Gasteiger partial charge in [-0.25, -0.2) is 13.2 Å². The second-order valence-electron chi connectivity index (χ2n) is 11.0. The number of nitrogens with zero attached hydrogens (tertiary/aromatic N) is 1. The zero-order valence-electron chi connectivity index (χ0n) is 20.9. The molecule has 2 bridgehead atoms. The number of anilines is 2. The van der Waals surface area contributed by atoms with Crippen LogP contribution < -0.4 is 10.6 Å². The average Bonchev–Trinajstić information content (AvgIpc) is 2.85. The number of halogens is 4. The minimum absolute atomic E-state index is 0.0637. The average molecular weight is 627 g/mol. The van der Waals surface area contributed by atoms with Crippen LogP contribution >= 0.6 is 22.6 Å². The Morgan fingerprint density at radius 1 is 1.14 bits per heavy atom. The van der Waals surface area contributed by atoms with Crippen LogP contribution in [0.4, 0.5) is 24.5 Å². The molecule has 0 spiro atoms. The van der Waals surface area contributed by atoms with Crippen molar-refractivity contribution in [3.05, 3.63) is 56.9 Å². The molecule has 3 fully saturated rings. The summed E-state index contributed by atoms with van der Waals surface area (Å²) in [6.07, 6.45) is 7.43. The third-order valence-electron chi connectivity index (χ3n) is 8.44. The van der Waals surface area contributed by atoms with Crippen molar-refractivity contribution in [1.82, 2.24) is 10.2 Å². The third kappa shape index (κ3) is 5.49. The number of nitrogens with one attached hydrogen (secondary N) is 2. The topological polar surface area (TPSA) is 64.6 Å². The maximum atomic E-state index is 14.8. The van der Waals surface area contributed by atoms with Crippen molar-refractivity contribution >= 4 is 39.9 Å². The van der Waals surface area contributed by atoms with Crippen LogP contribution in [0.3, 0.4) is 0 Å². The van der Waals surface area contributed by atoms with Crippen LogP contribution in [0, 0.1) is 38.8 Å². The quantitative estimate of drug-likeness (QED) is 0.338. The summed E-state index contributed by atoms with van der Waals surface area (Å²) >= 11 is 1.95. The SMILES string of the molecule is CC[C@@H]1C[C@@H]2CCC[C@@H](C2)C1NCC1(O)CN(C(=O)c2ccc(F)c(F)c2Nc2ccc(I)cc2F)C1. The molecule has 9 heteroatoms. The molecule has 1 amide bonds. The number of benzene rings is 2. The van der Waals surface area contributed by atoms with E-state index in [1.54, 1.807) is 6.07 Å². The number of hydrogen-bond acceptors (Lipinski definition) is 4. The molecular weight excluding hydrogens is 594 g/mol. The van der Waals surface area contributed by atoms with Gasteiger partial charge in [0, 0.05) is 16.2 Å². The molecule has 3 N–H and O–H groups in total. The first-order valence-corrected chi connectivity index (χ1v) is 14.2. The maximum absolute atomic E-state index is 14.8. The van der Waals surface area contributed by atoms with Crippen LogP contribution in [0.1, 0.15) is 55.8 Å². The van der Waals surface area contributed by atoms with Gasteiger partial charge in [-0.15, -0.1) is 0 Å². The number of carbonyl (C=O) groups is 1. The van der Waals surface area contributed by atoms with Crippen molar-refractivity contribution in [2.45, 2.75) is 57.1 Å². The molecule has 1 saturated heterocycles.